The monoisotopic (exact) mass is 454 g/mol. The molecule has 0 aliphatic carbocycles. The number of ether oxygens (including phenoxy) is 2. The summed E-state index contributed by atoms with van der Waals surface area (Å²) in [5.74, 6) is -0.0769. The fraction of sp³-hybridized carbons (Fsp3) is 0.524. The molecule has 2 amide bonds. The van der Waals surface area contributed by atoms with E-state index in [-0.39, 0.29) is 42.8 Å². The van der Waals surface area contributed by atoms with Crippen LogP contribution in [0.1, 0.15) is 50.7 Å². The number of nitrogens with zero attached hydrogens (tertiary/aromatic N) is 1. The summed E-state index contributed by atoms with van der Waals surface area (Å²) in [5, 5.41) is 17.2. The number of benzene rings is 1. The van der Waals surface area contributed by atoms with Gasteiger partial charge in [0.15, 0.2) is 0 Å². The molecule has 31 heavy (non-hydrogen) atoms. The van der Waals surface area contributed by atoms with Crippen molar-refractivity contribution >= 4 is 36.0 Å². The highest BCUT2D eigenvalue weighted by molar-refractivity contribution is 6.02. The molecule has 172 valence electrons. The molecule has 0 unspecified atom stereocenters. The molecular weight excluding hydrogens is 424 g/mol. The number of hydrogen-bond acceptors (Lipinski definition) is 7. The first-order valence-corrected chi connectivity index (χ1v) is 10.1. The van der Waals surface area contributed by atoms with Crippen LogP contribution < -0.4 is 10.6 Å². The van der Waals surface area contributed by atoms with Crippen molar-refractivity contribution in [2.45, 2.75) is 51.7 Å². The highest BCUT2D eigenvalue weighted by Gasteiger charge is 2.25. The standard InChI is InChI=1S/C21H30N4O5.ClH/c1-4-5-10-29-21(27)24-14(2)13-23-19(26)12-17-11-18(25-30-17)15-6-8-16(9-7-15)20(22)28-3;/h6-9,14,17,22H,4-5,10-13H2,1-3H3,(H,23,26)(H,24,27);1H/t14-,17-;/m1./s1. The molecule has 0 saturated heterocycles. The Labute approximate surface area is 188 Å². The third kappa shape index (κ3) is 8.84. The number of alkyl carbamates (subject to hydrolysis) is 1. The second kappa shape index (κ2) is 13.5. The molecule has 3 N–H and O–H groups in total. The minimum atomic E-state index is -0.478. The van der Waals surface area contributed by atoms with E-state index in [1.807, 2.05) is 19.1 Å². The van der Waals surface area contributed by atoms with Gasteiger partial charge in [0.1, 0.15) is 6.10 Å². The number of oxime groups is 1. The van der Waals surface area contributed by atoms with Crippen LogP contribution in [-0.4, -0.2) is 56.0 Å². The molecule has 0 bridgehead atoms. The van der Waals surface area contributed by atoms with Gasteiger partial charge in [-0.1, -0.05) is 30.6 Å². The summed E-state index contributed by atoms with van der Waals surface area (Å²) in [6.45, 7) is 4.50. The van der Waals surface area contributed by atoms with Crippen molar-refractivity contribution in [1.82, 2.24) is 10.6 Å². The lowest BCUT2D eigenvalue weighted by Crippen LogP contribution is -2.42. The molecule has 2 rings (SSSR count). The Morgan fingerprint density at radius 1 is 1.32 bits per heavy atom. The molecule has 0 fully saturated rings. The number of methoxy groups -OCH3 is 1. The van der Waals surface area contributed by atoms with Crippen molar-refractivity contribution < 1.29 is 23.9 Å². The molecule has 1 heterocycles. The zero-order valence-electron chi connectivity index (χ0n) is 18.1. The number of hydrogen-bond donors (Lipinski definition) is 3. The van der Waals surface area contributed by atoms with Gasteiger partial charge in [0.05, 0.1) is 25.8 Å². The maximum absolute atomic E-state index is 12.2. The third-order valence-corrected chi connectivity index (χ3v) is 4.53. The Bertz CT molecular complexity index is 770. The lowest BCUT2D eigenvalue weighted by Gasteiger charge is -2.15. The van der Waals surface area contributed by atoms with Gasteiger partial charge in [-0.05, 0) is 31.0 Å². The summed E-state index contributed by atoms with van der Waals surface area (Å²) >= 11 is 0. The largest absolute Gasteiger partial charge is 0.481 e. The molecule has 1 aromatic carbocycles. The highest BCUT2D eigenvalue weighted by atomic mass is 35.5. The van der Waals surface area contributed by atoms with Crippen LogP contribution in [0.2, 0.25) is 0 Å². The van der Waals surface area contributed by atoms with Crippen LogP contribution in [0.4, 0.5) is 4.79 Å². The van der Waals surface area contributed by atoms with E-state index in [1.54, 1.807) is 19.1 Å². The molecule has 1 aromatic rings. The topological polar surface area (TPSA) is 122 Å². The van der Waals surface area contributed by atoms with E-state index in [0.717, 1.165) is 24.1 Å². The van der Waals surface area contributed by atoms with Gasteiger partial charge in [-0.2, -0.15) is 0 Å². The Balaban J connectivity index is 0.00000480. The van der Waals surface area contributed by atoms with Crippen LogP contribution in [0, 0.1) is 5.41 Å². The molecule has 10 heteroatoms. The fourth-order valence-corrected chi connectivity index (χ4v) is 2.79. The van der Waals surface area contributed by atoms with Crippen molar-refractivity contribution in [3.8, 4) is 0 Å². The molecule has 2 atom stereocenters. The fourth-order valence-electron chi connectivity index (χ4n) is 2.79. The molecule has 0 saturated carbocycles. The van der Waals surface area contributed by atoms with Crippen LogP contribution in [0.5, 0.6) is 0 Å². The van der Waals surface area contributed by atoms with Crippen LogP contribution >= 0.6 is 12.4 Å². The van der Waals surface area contributed by atoms with Crippen LogP contribution in [0.25, 0.3) is 0 Å². The normalized spacial score (nSPS) is 15.6. The molecule has 1 aliphatic rings. The van der Waals surface area contributed by atoms with Crippen molar-refractivity contribution in [3.63, 3.8) is 0 Å². The number of rotatable bonds is 10. The van der Waals surface area contributed by atoms with Crippen LogP contribution in [0.3, 0.4) is 0 Å². The summed E-state index contributed by atoms with van der Waals surface area (Å²) in [5.41, 5.74) is 2.31. The van der Waals surface area contributed by atoms with Crippen molar-refractivity contribution in [2.24, 2.45) is 5.16 Å². The summed E-state index contributed by atoms with van der Waals surface area (Å²) in [4.78, 5) is 29.2. The van der Waals surface area contributed by atoms with Crippen molar-refractivity contribution in [1.29, 1.82) is 5.41 Å². The molecular formula is C21H31ClN4O5. The van der Waals surface area contributed by atoms with Crippen molar-refractivity contribution in [2.75, 3.05) is 20.3 Å². The van der Waals surface area contributed by atoms with E-state index in [1.165, 1.54) is 7.11 Å². The summed E-state index contributed by atoms with van der Waals surface area (Å²) < 4.78 is 9.93. The van der Waals surface area contributed by atoms with Gasteiger partial charge in [-0.15, -0.1) is 12.4 Å². The maximum Gasteiger partial charge on any atom is 0.407 e. The molecule has 0 spiro atoms. The van der Waals surface area contributed by atoms with Gasteiger partial charge in [-0.25, -0.2) is 4.79 Å². The van der Waals surface area contributed by atoms with Gasteiger partial charge < -0.3 is 24.9 Å². The summed E-state index contributed by atoms with van der Waals surface area (Å²) in [6, 6.07) is 7.02. The van der Waals surface area contributed by atoms with E-state index < -0.39 is 6.09 Å². The number of carbonyl (C=O) groups is 2. The van der Waals surface area contributed by atoms with Gasteiger partial charge in [0, 0.05) is 24.6 Å². The second-order valence-corrected chi connectivity index (χ2v) is 7.12. The maximum atomic E-state index is 12.2. The zero-order valence-corrected chi connectivity index (χ0v) is 18.9. The molecule has 1 aliphatic heterocycles. The van der Waals surface area contributed by atoms with E-state index in [9.17, 15) is 9.59 Å². The van der Waals surface area contributed by atoms with Gasteiger partial charge in [-0.3, -0.25) is 10.2 Å². The minimum Gasteiger partial charge on any atom is -0.481 e. The van der Waals surface area contributed by atoms with E-state index in [0.29, 0.717) is 25.1 Å². The second-order valence-electron chi connectivity index (χ2n) is 7.12. The van der Waals surface area contributed by atoms with Gasteiger partial charge in [0.2, 0.25) is 11.8 Å². The Morgan fingerprint density at radius 3 is 2.68 bits per heavy atom. The molecule has 0 radical (unpaired) electrons. The predicted octanol–water partition coefficient (Wildman–Crippen LogP) is 2.99. The van der Waals surface area contributed by atoms with E-state index in [2.05, 4.69) is 15.8 Å². The van der Waals surface area contributed by atoms with Crippen LogP contribution in [-0.2, 0) is 19.1 Å². The quantitative estimate of drug-likeness (QED) is 0.285. The first-order chi connectivity index (χ1) is 14.4. The zero-order chi connectivity index (χ0) is 21.9. The average molecular weight is 455 g/mol. The van der Waals surface area contributed by atoms with Gasteiger partial charge >= 0.3 is 6.09 Å². The number of amides is 2. The minimum absolute atomic E-state index is 0. The highest BCUT2D eigenvalue weighted by Crippen LogP contribution is 2.19. The Kier molecular flexibility index (Phi) is 11.4. The van der Waals surface area contributed by atoms with Crippen molar-refractivity contribution in [3.05, 3.63) is 35.4 Å². The molecule has 9 nitrogen and oxygen atoms in total. The first kappa shape index (κ1) is 26.2. The lowest BCUT2D eigenvalue weighted by atomic mass is 10.0. The number of carbonyl (C=O) groups excluding carboxylic acids is 2. The predicted molar refractivity (Wildman–Crippen MR) is 120 cm³/mol. The number of unbranched alkanes of at least 4 members (excludes halogenated alkanes) is 1. The Hall–Kier alpha value is -2.81. The first-order valence-electron chi connectivity index (χ1n) is 10.1. The third-order valence-electron chi connectivity index (χ3n) is 4.53. The molecule has 0 aromatic heterocycles. The van der Waals surface area contributed by atoms with Gasteiger partial charge in [0.25, 0.3) is 0 Å². The lowest BCUT2D eigenvalue weighted by molar-refractivity contribution is -0.123. The van der Waals surface area contributed by atoms with E-state index in [4.69, 9.17) is 19.7 Å². The smallest absolute Gasteiger partial charge is 0.407 e. The average Bonchev–Trinajstić information content (AvgIpc) is 3.20. The number of nitrogens with one attached hydrogen (secondary N) is 3. The Morgan fingerprint density at radius 2 is 2.03 bits per heavy atom. The van der Waals surface area contributed by atoms with Crippen LogP contribution in [0.15, 0.2) is 29.4 Å². The number of halogens is 1. The summed E-state index contributed by atoms with van der Waals surface area (Å²) in [7, 11) is 1.46. The van der Waals surface area contributed by atoms with E-state index >= 15 is 0 Å². The summed E-state index contributed by atoms with van der Waals surface area (Å²) in [6.07, 6.45) is 1.66. The SMILES string of the molecule is CCCCOC(=O)N[C@H](C)CNC(=O)C[C@H]1CC(c2ccc(C(=N)OC)cc2)=NO1.Cl.